The first-order chi connectivity index (χ1) is 11.6. The van der Waals surface area contributed by atoms with Gasteiger partial charge in [0.05, 0.1) is 17.3 Å². The Bertz CT molecular complexity index is 773. The third kappa shape index (κ3) is 3.30. The van der Waals surface area contributed by atoms with Crippen molar-refractivity contribution in [3.63, 3.8) is 0 Å². The average Bonchev–Trinajstić information content (AvgIpc) is 3.06. The molecule has 0 aliphatic carbocycles. The van der Waals surface area contributed by atoms with Crippen LogP contribution in [0.15, 0.2) is 24.3 Å². The first kappa shape index (κ1) is 16.6. The van der Waals surface area contributed by atoms with Crippen molar-refractivity contribution in [3.05, 3.63) is 46.0 Å². The van der Waals surface area contributed by atoms with E-state index in [1.54, 1.807) is 0 Å². The molecule has 1 aliphatic heterocycles. The smallest absolute Gasteiger partial charge is 0.267 e. The van der Waals surface area contributed by atoms with Crippen molar-refractivity contribution in [1.82, 2.24) is 19.4 Å². The highest BCUT2D eigenvalue weighted by atomic mass is 32.1. The van der Waals surface area contributed by atoms with Gasteiger partial charge in [-0.15, -0.1) is 5.10 Å². The predicted molar refractivity (Wildman–Crippen MR) is 91.7 cm³/mol. The highest BCUT2D eigenvalue weighted by molar-refractivity contribution is 7.07. The molecule has 1 amide bonds. The molecule has 6 nitrogen and oxygen atoms in total. The van der Waals surface area contributed by atoms with Gasteiger partial charge < -0.3 is 4.90 Å². The van der Waals surface area contributed by atoms with Crippen LogP contribution in [0.1, 0.15) is 39.5 Å². The fourth-order valence-corrected chi connectivity index (χ4v) is 3.59. The van der Waals surface area contributed by atoms with Crippen LogP contribution in [0.4, 0.5) is 0 Å². The Balaban J connectivity index is 1.63. The number of nitriles is 1. The summed E-state index contributed by atoms with van der Waals surface area (Å²) in [5.74, 6) is 0.0290. The summed E-state index contributed by atoms with van der Waals surface area (Å²) in [6.07, 6.45) is 0. The molecule has 2 heterocycles. The van der Waals surface area contributed by atoms with Crippen LogP contribution >= 0.6 is 11.5 Å². The Morgan fingerprint density at radius 1 is 1.33 bits per heavy atom. The van der Waals surface area contributed by atoms with Gasteiger partial charge in [0.1, 0.15) is 4.88 Å². The van der Waals surface area contributed by atoms with E-state index in [2.05, 4.69) is 33.5 Å². The van der Waals surface area contributed by atoms with Gasteiger partial charge in [0.2, 0.25) is 0 Å². The molecule has 1 unspecified atom stereocenters. The zero-order chi connectivity index (χ0) is 17.1. The van der Waals surface area contributed by atoms with Crippen molar-refractivity contribution in [2.75, 3.05) is 26.2 Å². The molecule has 0 bridgehead atoms. The standard InChI is InChI=1S/C17H19N5OS/c1-12-16(24-20-19-12)17(23)22-8-6-21(7-9-22)13(2)15-5-3-4-14(10-15)11-18/h3-5,10,13H,6-9H2,1-2H3. The van der Waals surface area contributed by atoms with Crippen LogP contribution in [-0.2, 0) is 0 Å². The maximum absolute atomic E-state index is 12.5. The van der Waals surface area contributed by atoms with Crippen molar-refractivity contribution in [2.45, 2.75) is 19.9 Å². The molecule has 0 saturated carbocycles. The Morgan fingerprint density at radius 2 is 2.08 bits per heavy atom. The van der Waals surface area contributed by atoms with Gasteiger partial charge in [-0.3, -0.25) is 9.69 Å². The van der Waals surface area contributed by atoms with Crippen LogP contribution < -0.4 is 0 Å². The highest BCUT2D eigenvalue weighted by Crippen LogP contribution is 2.23. The maximum atomic E-state index is 12.5. The van der Waals surface area contributed by atoms with E-state index in [0.717, 1.165) is 30.2 Å². The minimum atomic E-state index is 0.0290. The summed E-state index contributed by atoms with van der Waals surface area (Å²) in [6.45, 7) is 6.98. The molecular formula is C17H19N5OS. The van der Waals surface area contributed by atoms with E-state index in [0.29, 0.717) is 29.2 Å². The highest BCUT2D eigenvalue weighted by Gasteiger charge is 2.27. The molecule has 1 aromatic carbocycles. The van der Waals surface area contributed by atoms with Gasteiger partial charge in [0, 0.05) is 32.2 Å². The van der Waals surface area contributed by atoms with Crippen LogP contribution in [0, 0.1) is 18.3 Å². The number of carbonyl (C=O) groups excluding carboxylic acids is 1. The Hall–Kier alpha value is -2.30. The van der Waals surface area contributed by atoms with Crippen molar-refractivity contribution >= 4 is 17.4 Å². The molecule has 2 aromatic rings. The zero-order valence-electron chi connectivity index (χ0n) is 13.8. The number of benzene rings is 1. The van der Waals surface area contributed by atoms with Gasteiger partial charge in [-0.05, 0) is 43.1 Å². The van der Waals surface area contributed by atoms with Crippen LogP contribution in [0.3, 0.4) is 0 Å². The first-order valence-electron chi connectivity index (χ1n) is 7.92. The monoisotopic (exact) mass is 341 g/mol. The number of aromatic nitrogens is 2. The second-order valence-corrected chi connectivity index (χ2v) is 6.68. The third-order valence-corrected chi connectivity index (χ3v) is 5.31. The molecule has 1 aliphatic rings. The normalized spacial score (nSPS) is 16.6. The quantitative estimate of drug-likeness (QED) is 0.856. The van der Waals surface area contributed by atoms with E-state index in [1.807, 2.05) is 30.0 Å². The lowest BCUT2D eigenvalue weighted by Gasteiger charge is -2.38. The van der Waals surface area contributed by atoms with Gasteiger partial charge >= 0.3 is 0 Å². The SMILES string of the molecule is Cc1nnsc1C(=O)N1CCN(C(C)c2cccc(C#N)c2)CC1. The summed E-state index contributed by atoms with van der Waals surface area (Å²) >= 11 is 1.16. The van der Waals surface area contributed by atoms with E-state index >= 15 is 0 Å². The molecule has 24 heavy (non-hydrogen) atoms. The van der Waals surface area contributed by atoms with E-state index in [4.69, 9.17) is 5.26 Å². The Kier molecular flexibility index (Phi) is 4.88. The molecule has 124 valence electrons. The third-order valence-electron chi connectivity index (χ3n) is 4.49. The average molecular weight is 341 g/mol. The lowest BCUT2D eigenvalue weighted by molar-refractivity contribution is 0.0586. The fourth-order valence-electron chi connectivity index (χ4n) is 2.96. The number of amides is 1. The molecule has 7 heteroatoms. The summed E-state index contributed by atoms with van der Waals surface area (Å²) in [6, 6.07) is 10.1. The van der Waals surface area contributed by atoms with E-state index in [-0.39, 0.29) is 11.9 Å². The molecule has 0 N–H and O–H groups in total. The van der Waals surface area contributed by atoms with Crippen molar-refractivity contribution in [2.24, 2.45) is 0 Å². The number of nitrogens with zero attached hydrogens (tertiary/aromatic N) is 5. The number of rotatable bonds is 3. The van der Waals surface area contributed by atoms with E-state index < -0.39 is 0 Å². The second kappa shape index (κ2) is 7.07. The molecular weight excluding hydrogens is 322 g/mol. The topological polar surface area (TPSA) is 73.1 Å². The Labute approximate surface area is 145 Å². The van der Waals surface area contributed by atoms with Gasteiger partial charge in [0.15, 0.2) is 0 Å². The van der Waals surface area contributed by atoms with E-state index in [9.17, 15) is 4.79 Å². The molecule has 3 rings (SSSR count). The van der Waals surface area contributed by atoms with Gasteiger partial charge in [-0.1, -0.05) is 16.6 Å². The van der Waals surface area contributed by atoms with Gasteiger partial charge in [-0.2, -0.15) is 5.26 Å². The van der Waals surface area contributed by atoms with Crippen LogP contribution in [-0.4, -0.2) is 51.5 Å². The first-order valence-corrected chi connectivity index (χ1v) is 8.70. The van der Waals surface area contributed by atoms with Gasteiger partial charge in [0.25, 0.3) is 5.91 Å². The van der Waals surface area contributed by atoms with Crippen molar-refractivity contribution < 1.29 is 4.79 Å². The largest absolute Gasteiger partial charge is 0.335 e. The zero-order valence-corrected chi connectivity index (χ0v) is 14.6. The van der Waals surface area contributed by atoms with Gasteiger partial charge in [-0.25, -0.2) is 0 Å². The number of piperazine rings is 1. The Morgan fingerprint density at radius 3 is 2.71 bits per heavy atom. The van der Waals surface area contributed by atoms with Crippen LogP contribution in [0.2, 0.25) is 0 Å². The minimum Gasteiger partial charge on any atom is -0.335 e. The molecule has 1 aromatic heterocycles. The number of aryl methyl sites for hydroxylation is 1. The van der Waals surface area contributed by atoms with E-state index in [1.165, 1.54) is 0 Å². The molecule has 1 saturated heterocycles. The molecule has 0 radical (unpaired) electrons. The summed E-state index contributed by atoms with van der Waals surface area (Å²) in [5, 5.41) is 13.0. The summed E-state index contributed by atoms with van der Waals surface area (Å²) < 4.78 is 3.84. The minimum absolute atomic E-state index is 0.0290. The van der Waals surface area contributed by atoms with Crippen LogP contribution in [0.25, 0.3) is 0 Å². The summed E-state index contributed by atoms with van der Waals surface area (Å²) in [7, 11) is 0. The molecule has 0 spiro atoms. The lowest BCUT2D eigenvalue weighted by Crippen LogP contribution is -2.49. The van der Waals surface area contributed by atoms with Crippen LogP contribution in [0.5, 0.6) is 0 Å². The number of hydrogen-bond acceptors (Lipinski definition) is 6. The predicted octanol–water partition coefficient (Wildman–Crippen LogP) is 2.24. The number of hydrogen-bond donors (Lipinski definition) is 0. The summed E-state index contributed by atoms with van der Waals surface area (Å²) in [5.41, 5.74) is 2.52. The van der Waals surface area contributed by atoms with Crippen molar-refractivity contribution in [1.29, 1.82) is 5.26 Å². The fraction of sp³-hybridized carbons (Fsp3) is 0.412. The lowest BCUT2D eigenvalue weighted by atomic mass is 10.0. The number of carbonyl (C=O) groups is 1. The molecule has 1 atom stereocenters. The maximum Gasteiger partial charge on any atom is 0.267 e. The summed E-state index contributed by atoms with van der Waals surface area (Å²) in [4.78, 5) is 17.4. The molecule has 1 fully saturated rings. The van der Waals surface area contributed by atoms with Crippen molar-refractivity contribution in [3.8, 4) is 6.07 Å². The second-order valence-electron chi connectivity index (χ2n) is 5.93.